The van der Waals surface area contributed by atoms with Crippen molar-refractivity contribution in [2.75, 3.05) is 0 Å². The standard InChI is InChI=1S/C13H8O/c14-13(9-4-2-1-3-5-9)11-7-6-10-8-12(10)11/h1-8H. The zero-order valence-corrected chi connectivity index (χ0v) is 7.53. The van der Waals surface area contributed by atoms with Crippen LogP contribution in [-0.2, 0) is 0 Å². The highest BCUT2D eigenvalue weighted by atomic mass is 16.1. The Labute approximate surface area is 82.0 Å². The monoisotopic (exact) mass is 180 g/mol. The lowest BCUT2D eigenvalue weighted by atomic mass is 10.1. The number of hydrogen-bond donors (Lipinski definition) is 0. The smallest absolute Gasteiger partial charge is 0.193 e. The Morgan fingerprint density at radius 3 is 2.29 bits per heavy atom. The minimum atomic E-state index is 0.126. The van der Waals surface area contributed by atoms with Crippen molar-refractivity contribution in [3.63, 3.8) is 0 Å². The third-order valence-electron chi connectivity index (χ3n) is 2.53. The van der Waals surface area contributed by atoms with E-state index in [1.165, 1.54) is 5.56 Å². The Hall–Kier alpha value is -1.89. The van der Waals surface area contributed by atoms with Gasteiger partial charge in [-0.3, -0.25) is 4.79 Å². The molecule has 3 rings (SSSR count). The highest BCUT2D eigenvalue weighted by Gasteiger charge is 2.22. The van der Waals surface area contributed by atoms with Crippen molar-refractivity contribution in [2.45, 2.75) is 0 Å². The first-order chi connectivity index (χ1) is 6.86. The first-order valence-electron chi connectivity index (χ1n) is 4.60. The van der Waals surface area contributed by atoms with E-state index < -0.39 is 0 Å². The molecule has 0 saturated carbocycles. The average Bonchev–Trinajstić information content (AvgIpc) is 2.91. The van der Waals surface area contributed by atoms with E-state index in [1.807, 2.05) is 48.5 Å². The van der Waals surface area contributed by atoms with Gasteiger partial charge in [-0.15, -0.1) is 0 Å². The lowest BCUT2D eigenvalue weighted by molar-refractivity contribution is 0.104. The largest absolute Gasteiger partial charge is 0.289 e. The second-order valence-corrected chi connectivity index (χ2v) is 3.46. The quantitative estimate of drug-likeness (QED) is 0.554. The first-order valence-corrected chi connectivity index (χ1v) is 4.60. The summed E-state index contributed by atoms with van der Waals surface area (Å²) in [4.78, 5) is 11.9. The zero-order chi connectivity index (χ0) is 9.54. The zero-order valence-electron chi connectivity index (χ0n) is 7.53. The minimum Gasteiger partial charge on any atom is -0.289 e. The van der Waals surface area contributed by atoms with Gasteiger partial charge >= 0.3 is 0 Å². The average molecular weight is 180 g/mol. The summed E-state index contributed by atoms with van der Waals surface area (Å²) in [5.74, 6) is 0.126. The van der Waals surface area contributed by atoms with Gasteiger partial charge in [-0.05, 0) is 23.3 Å². The molecule has 2 aliphatic rings. The summed E-state index contributed by atoms with van der Waals surface area (Å²) < 4.78 is 0. The molecule has 0 fully saturated rings. The van der Waals surface area contributed by atoms with Gasteiger partial charge in [0.25, 0.3) is 0 Å². The molecule has 0 amide bonds. The van der Waals surface area contributed by atoms with Crippen molar-refractivity contribution in [3.05, 3.63) is 59.7 Å². The van der Waals surface area contributed by atoms with Crippen molar-refractivity contribution >= 4 is 5.78 Å². The molecule has 0 aromatic heterocycles. The molecule has 0 saturated heterocycles. The van der Waals surface area contributed by atoms with Gasteiger partial charge in [0, 0.05) is 11.1 Å². The van der Waals surface area contributed by atoms with Crippen LogP contribution in [-0.4, -0.2) is 5.78 Å². The van der Waals surface area contributed by atoms with Crippen LogP contribution >= 0.6 is 0 Å². The Morgan fingerprint density at radius 1 is 0.929 bits per heavy atom. The molecule has 1 heteroatoms. The van der Waals surface area contributed by atoms with Crippen LogP contribution in [0.5, 0.6) is 0 Å². The van der Waals surface area contributed by atoms with Crippen LogP contribution in [0.25, 0.3) is 11.1 Å². The molecule has 0 atom stereocenters. The van der Waals surface area contributed by atoms with Gasteiger partial charge in [0.1, 0.15) is 0 Å². The molecule has 14 heavy (non-hydrogen) atoms. The fourth-order valence-corrected chi connectivity index (χ4v) is 1.70. The normalized spacial score (nSPS) is 11.1. The number of benzene rings is 2. The van der Waals surface area contributed by atoms with Crippen molar-refractivity contribution in [1.29, 1.82) is 0 Å². The number of fused-ring (bicyclic) bond motifs is 1. The van der Waals surface area contributed by atoms with Gasteiger partial charge in [-0.25, -0.2) is 0 Å². The van der Waals surface area contributed by atoms with Crippen LogP contribution in [0.4, 0.5) is 0 Å². The van der Waals surface area contributed by atoms with E-state index in [2.05, 4.69) is 0 Å². The third-order valence-corrected chi connectivity index (χ3v) is 2.53. The third kappa shape index (κ3) is 0.990. The maximum Gasteiger partial charge on any atom is 0.193 e. The fraction of sp³-hybridized carbons (Fsp3) is 0. The predicted octanol–water partition coefficient (Wildman–Crippen LogP) is 2.90. The summed E-state index contributed by atoms with van der Waals surface area (Å²) in [6.45, 7) is 0. The highest BCUT2D eigenvalue weighted by molar-refractivity contribution is 6.16. The van der Waals surface area contributed by atoms with E-state index in [0.29, 0.717) is 0 Å². The molecule has 0 aliphatic heterocycles. The molecular formula is C13H8O. The maximum atomic E-state index is 11.9. The Morgan fingerprint density at radius 2 is 1.71 bits per heavy atom. The SMILES string of the molecule is O=C(c1ccccc1)c1ccc2cc1-2. The molecule has 0 unspecified atom stereocenters. The minimum absolute atomic E-state index is 0.126. The second-order valence-electron chi connectivity index (χ2n) is 3.46. The molecule has 0 bridgehead atoms. The lowest BCUT2D eigenvalue weighted by Crippen LogP contribution is -1.98. The summed E-state index contributed by atoms with van der Waals surface area (Å²) in [6.07, 6.45) is 0. The van der Waals surface area contributed by atoms with E-state index in [0.717, 1.165) is 16.7 Å². The van der Waals surface area contributed by atoms with Gasteiger partial charge < -0.3 is 0 Å². The second kappa shape index (κ2) is 2.55. The molecule has 1 aromatic carbocycles. The number of carbonyl (C=O) groups excluding carboxylic acids is 1. The maximum absolute atomic E-state index is 11.9. The molecule has 1 aromatic rings. The van der Waals surface area contributed by atoms with Crippen LogP contribution in [0, 0.1) is 0 Å². The summed E-state index contributed by atoms with van der Waals surface area (Å²) in [5, 5.41) is 0. The van der Waals surface area contributed by atoms with Crippen molar-refractivity contribution in [1.82, 2.24) is 0 Å². The van der Waals surface area contributed by atoms with Crippen LogP contribution in [0.3, 0.4) is 0 Å². The molecule has 1 nitrogen and oxygen atoms in total. The Balaban J connectivity index is 2.02. The molecule has 0 N–H and O–H groups in total. The van der Waals surface area contributed by atoms with E-state index in [4.69, 9.17) is 0 Å². The predicted molar refractivity (Wildman–Crippen MR) is 55.3 cm³/mol. The topological polar surface area (TPSA) is 17.1 Å². The first kappa shape index (κ1) is 7.51. The summed E-state index contributed by atoms with van der Waals surface area (Å²) in [5.41, 5.74) is 3.94. The van der Waals surface area contributed by atoms with Crippen molar-refractivity contribution in [2.24, 2.45) is 0 Å². The molecule has 2 aliphatic carbocycles. The van der Waals surface area contributed by atoms with E-state index in [-0.39, 0.29) is 5.78 Å². The van der Waals surface area contributed by atoms with E-state index in [9.17, 15) is 4.79 Å². The number of carbonyl (C=O) groups is 1. The van der Waals surface area contributed by atoms with Gasteiger partial charge in [0.2, 0.25) is 0 Å². The van der Waals surface area contributed by atoms with Crippen LogP contribution in [0.2, 0.25) is 0 Å². The lowest BCUT2D eigenvalue weighted by Gasteiger charge is -1.97. The van der Waals surface area contributed by atoms with Crippen molar-refractivity contribution in [3.8, 4) is 11.1 Å². The van der Waals surface area contributed by atoms with Crippen LogP contribution < -0.4 is 0 Å². The van der Waals surface area contributed by atoms with Gasteiger partial charge in [-0.2, -0.15) is 0 Å². The summed E-state index contributed by atoms with van der Waals surface area (Å²) in [6, 6.07) is 15.3. The van der Waals surface area contributed by atoms with Gasteiger partial charge in [-0.1, -0.05) is 36.4 Å². The highest BCUT2D eigenvalue weighted by Crippen LogP contribution is 2.39. The summed E-state index contributed by atoms with van der Waals surface area (Å²) in [7, 11) is 0. The number of ketones is 1. The molecule has 0 heterocycles. The molecule has 0 radical (unpaired) electrons. The molecular weight excluding hydrogens is 172 g/mol. The molecule has 66 valence electrons. The molecule has 0 spiro atoms. The van der Waals surface area contributed by atoms with E-state index >= 15 is 0 Å². The van der Waals surface area contributed by atoms with Gasteiger partial charge in [0.05, 0.1) is 0 Å². The van der Waals surface area contributed by atoms with E-state index in [1.54, 1.807) is 0 Å². The van der Waals surface area contributed by atoms with Crippen molar-refractivity contribution < 1.29 is 4.79 Å². The Bertz CT molecular complexity index is 512. The van der Waals surface area contributed by atoms with Gasteiger partial charge in [0.15, 0.2) is 5.78 Å². The Kier molecular flexibility index (Phi) is 1.37. The summed E-state index contributed by atoms with van der Waals surface area (Å²) >= 11 is 0. The fourth-order valence-electron chi connectivity index (χ4n) is 1.70. The number of hydrogen-bond acceptors (Lipinski definition) is 1. The van der Waals surface area contributed by atoms with Crippen LogP contribution in [0.1, 0.15) is 15.9 Å². The van der Waals surface area contributed by atoms with Crippen LogP contribution in [0.15, 0.2) is 48.5 Å². The number of rotatable bonds is 2.